The summed E-state index contributed by atoms with van der Waals surface area (Å²) in [5.41, 5.74) is 8.86. The van der Waals surface area contributed by atoms with Gasteiger partial charge in [-0.2, -0.15) is 5.10 Å². The number of hydrogen-bond donors (Lipinski definition) is 7. The molecule has 8 aromatic rings. The van der Waals surface area contributed by atoms with Gasteiger partial charge in [0, 0.05) is 62.3 Å². The maximum Gasteiger partial charge on any atom is 0.407 e. The zero-order valence-corrected chi connectivity index (χ0v) is 57.0. The minimum atomic E-state index is -3.50. The minimum absolute atomic E-state index is 0.0158. The molecule has 5 aromatic heterocycles. The van der Waals surface area contributed by atoms with E-state index in [4.69, 9.17) is 56.9 Å². The minimum Gasteiger partial charge on any atom is -0.445 e. The number of nitrogens with two attached hydrogens (primary N) is 1. The van der Waals surface area contributed by atoms with Gasteiger partial charge in [0.2, 0.25) is 43.7 Å². The zero-order chi connectivity index (χ0) is 65.6. The highest BCUT2D eigenvalue weighted by Gasteiger charge is 2.47. The van der Waals surface area contributed by atoms with Gasteiger partial charge < -0.3 is 36.6 Å². The van der Waals surface area contributed by atoms with Crippen molar-refractivity contribution in [3.05, 3.63) is 176 Å². The standard InChI is InChI=1S/C24H20ClFN4O3S2.C16H15ClN2O3S.C11H13ClN2O3S2.C8H9ClN2OS.C2H6/c25-22-10-9-21(34-22)24-19(28-35(32,33)18-6-7-18)12-23(31)29(24)17-5-8-20-14(11-17)13-27-30(20)16-3-1-15(26)2-4-16;17-13-7-6-12(23-13)15-11(8-14(20)19-15)18-16(21)22-9-10-4-2-1-3-5-10;12-9-4-3-8(18-9)11-7(5-10(15)13-11)14-19(16,17)6-1-2-6;9-6-2-1-5(13-6)8-4(10)3-7(12)11-8;1-2/h1-5,8-11,13,18-19,24,28H,6-7,12H2;1-7,11,15H,8-9H2,(H,18,21)(H,19,20);3-4,6-7,11,14H,1-2,5H2,(H,13,15);1-2,4,8H,3,10H2,(H,11,12);1-2H3/t19-,24-;11-,15-;7-,11-;4-,8-;/m0000./s1. The number of carbonyl (C=O) groups excluding carboxylic acids is 5. The van der Waals surface area contributed by atoms with Gasteiger partial charge in [0.05, 0.1) is 87.5 Å². The number of hydrogen-bond acceptors (Lipinski definition) is 16. The lowest BCUT2D eigenvalue weighted by Gasteiger charge is -2.28. The molecule has 6 aliphatic rings. The molecule has 92 heavy (non-hydrogen) atoms. The molecule has 8 atom stereocenters. The van der Waals surface area contributed by atoms with Crippen LogP contribution in [0, 0.1) is 5.82 Å². The summed E-state index contributed by atoms with van der Waals surface area (Å²) in [7, 11) is -6.79. The Kier molecular flexibility index (Phi) is 22.5. The number of fused-ring (bicyclic) bond motifs is 1. The number of nitrogens with zero attached hydrogens (tertiary/aromatic N) is 3. The molecule has 4 aliphatic heterocycles. The van der Waals surface area contributed by atoms with Gasteiger partial charge in [-0.15, -0.1) is 45.3 Å². The molecule has 4 saturated heterocycles. The molecule has 0 radical (unpaired) electrons. The van der Waals surface area contributed by atoms with Crippen LogP contribution >= 0.6 is 91.8 Å². The number of amides is 5. The zero-order valence-electron chi connectivity index (χ0n) is 49.1. The lowest BCUT2D eigenvalue weighted by Crippen LogP contribution is -2.41. The Morgan fingerprint density at radius 1 is 0.609 bits per heavy atom. The van der Waals surface area contributed by atoms with E-state index < -0.39 is 44.3 Å². The number of ether oxygens (including phenoxy) is 1. The molecule has 0 bridgehead atoms. The summed E-state index contributed by atoms with van der Waals surface area (Å²) in [5.74, 6) is -0.729. The van der Waals surface area contributed by atoms with Crippen molar-refractivity contribution in [2.75, 3.05) is 4.90 Å². The topological polar surface area (TPSA) is 282 Å². The first kappa shape index (κ1) is 68.8. The fourth-order valence-electron chi connectivity index (χ4n) is 10.7. The lowest BCUT2D eigenvalue weighted by molar-refractivity contribution is -0.120. The Labute approximate surface area is 566 Å². The van der Waals surface area contributed by atoms with Crippen LogP contribution in [-0.2, 0) is 50.6 Å². The van der Waals surface area contributed by atoms with Crippen molar-refractivity contribution >= 4 is 158 Å². The van der Waals surface area contributed by atoms with Crippen molar-refractivity contribution in [1.29, 1.82) is 0 Å². The van der Waals surface area contributed by atoms with E-state index in [0.29, 0.717) is 56.5 Å². The smallest absolute Gasteiger partial charge is 0.407 e. The van der Waals surface area contributed by atoms with Crippen LogP contribution in [0.4, 0.5) is 14.9 Å². The van der Waals surface area contributed by atoms with Gasteiger partial charge in [0.25, 0.3) is 0 Å². The van der Waals surface area contributed by atoms with Gasteiger partial charge in [0.1, 0.15) is 12.4 Å². The highest BCUT2D eigenvalue weighted by atomic mass is 35.5. The Hall–Kier alpha value is -6.05. The Morgan fingerprint density at radius 3 is 1.60 bits per heavy atom. The predicted molar refractivity (Wildman–Crippen MR) is 360 cm³/mol. The number of carbonyl (C=O) groups is 5. The van der Waals surface area contributed by atoms with E-state index in [2.05, 4.69) is 35.8 Å². The molecule has 2 saturated carbocycles. The van der Waals surface area contributed by atoms with Crippen LogP contribution in [0.2, 0.25) is 17.3 Å². The first-order chi connectivity index (χ1) is 44.0. The van der Waals surface area contributed by atoms with Gasteiger partial charge in [-0.3, -0.25) is 19.2 Å². The van der Waals surface area contributed by atoms with Crippen LogP contribution in [0.1, 0.15) is 114 Å². The number of alkyl carbamates (subject to hydrolysis) is 1. The summed E-state index contributed by atoms with van der Waals surface area (Å²) in [5, 5.41) is 15.8. The van der Waals surface area contributed by atoms with E-state index in [9.17, 15) is 45.2 Å². The number of halogens is 5. The van der Waals surface area contributed by atoms with Crippen molar-refractivity contribution in [1.82, 2.24) is 40.5 Å². The summed E-state index contributed by atoms with van der Waals surface area (Å²) >= 11 is 29.4. The van der Waals surface area contributed by atoms with Crippen LogP contribution in [0.15, 0.2) is 128 Å². The number of rotatable bonds is 15. The van der Waals surface area contributed by atoms with Crippen LogP contribution in [-0.4, -0.2) is 91.0 Å². The van der Waals surface area contributed by atoms with Crippen LogP contribution in [0.3, 0.4) is 0 Å². The molecule has 3 aromatic carbocycles. The quantitative estimate of drug-likeness (QED) is 0.0505. The van der Waals surface area contributed by atoms with Crippen molar-refractivity contribution < 1.29 is 49.9 Å². The maximum absolute atomic E-state index is 13.3. The van der Waals surface area contributed by atoms with Crippen LogP contribution in [0.5, 0.6) is 0 Å². The third-order valence-corrected chi connectivity index (χ3v) is 24.5. The van der Waals surface area contributed by atoms with Gasteiger partial charge in [0.15, 0.2) is 0 Å². The van der Waals surface area contributed by atoms with Crippen molar-refractivity contribution in [3.8, 4) is 5.69 Å². The van der Waals surface area contributed by atoms with Crippen LogP contribution < -0.4 is 41.3 Å². The second kappa shape index (κ2) is 30.1. The number of aromatic nitrogens is 2. The van der Waals surface area contributed by atoms with Gasteiger partial charge >= 0.3 is 6.09 Å². The predicted octanol–water partition coefficient (Wildman–Crippen LogP) is 11.8. The monoisotopic (exact) mass is 1450 g/mol. The third-order valence-electron chi connectivity index (χ3n) is 15.3. The van der Waals surface area contributed by atoms with Crippen molar-refractivity contribution in [3.63, 3.8) is 0 Å². The fraction of sp³-hybridized carbons (Fsp3) is 0.344. The molecule has 488 valence electrons. The van der Waals surface area contributed by atoms with E-state index in [1.165, 1.54) is 57.5 Å². The molecule has 0 unspecified atom stereocenters. The number of benzene rings is 3. The second-order valence-corrected chi connectivity index (χ2v) is 32.9. The van der Waals surface area contributed by atoms with E-state index in [1.54, 1.807) is 46.1 Å². The molecule has 9 heterocycles. The van der Waals surface area contributed by atoms with E-state index >= 15 is 0 Å². The average molecular weight is 1450 g/mol. The molecule has 20 nitrogen and oxygen atoms in total. The highest BCUT2D eigenvalue weighted by molar-refractivity contribution is 7.90. The first-order valence-corrected chi connectivity index (χ1v) is 37.1. The van der Waals surface area contributed by atoms with Gasteiger partial charge in [-0.25, -0.2) is 40.1 Å². The number of nitrogens with one attached hydrogen (secondary N) is 6. The summed E-state index contributed by atoms with van der Waals surface area (Å²) in [6.45, 7) is 4.19. The molecular weight excluding hydrogens is 1390 g/mol. The molecule has 8 N–H and O–H groups in total. The largest absolute Gasteiger partial charge is 0.445 e. The number of anilines is 1. The molecule has 2 aliphatic carbocycles. The van der Waals surface area contributed by atoms with Crippen LogP contribution in [0.25, 0.3) is 16.6 Å². The lowest BCUT2D eigenvalue weighted by atomic mass is 10.1. The Bertz CT molecular complexity index is 4180. The summed E-state index contributed by atoms with van der Waals surface area (Å²) < 4.78 is 77.6. The molecule has 31 heteroatoms. The molecule has 6 fully saturated rings. The van der Waals surface area contributed by atoms with E-state index in [1.807, 2.05) is 92.7 Å². The van der Waals surface area contributed by atoms with Crippen molar-refractivity contribution in [2.45, 2.75) is 131 Å². The Balaban J connectivity index is 0.000000141. The molecule has 5 amide bonds. The molecular formula is C61H63Cl4FN10O10S6. The van der Waals surface area contributed by atoms with E-state index in [0.717, 1.165) is 40.3 Å². The van der Waals surface area contributed by atoms with Gasteiger partial charge in [-0.05, 0) is 122 Å². The SMILES string of the molecule is CC.N[C@H]1CC(=O)N[C@@H]1c1ccc(Cl)s1.O=C1C[C@H](NC(=O)OCc2ccccc2)[C@@H](c2ccc(Cl)s2)N1.O=C1C[C@H](NS(=O)(=O)C2CC2)[C@@H](c2ccc(Cl)s2)N1.O=C1C[C@H](NS(=O)(=O)C2CC2)[C@@H](c2ccc(Cl)s2)N1c1ccc2c(cnn2-c2ccc(F)cc2)c1. The summed E-state index contributed by atoms with van der Waals surface area (Å²) in [6.07, 6.45) is 4.70. The van der Waals surface area contributed by atoms with Gasteiger partial charge in [-0.1, -0.05) is 90.6 Å². The average Bonchev–Trinajstić information content (AvgIpc) is 1.60. The highest BCUT2D eigenvalue weighted by Crippen LogP contribution is 2.44. The molecule has 14 rings (SSSR count). The Morgan fingerprint density at radius 2 is 1.09 bits per heavy atom. The maximum atomic E-state index is 13.3. The molecule has 0 spiro atoms. The number of sulfonamides is 2. The van der Waals surface area contributed by atoms with E-state index in [-0.39, 0.29) is 96.0 Å². The summed E-state index contributed by atoms with van der Waals surface area (Å²) in [4.78, 5) is 64.7. The third kappa shape index (κ3) is 17.3. The normalized spacial score (nSPS) is 22.6. The summed E-state index contributed by atoms with van der Waals surface area (Å²) in [6, 6.07) is 32.9. The fourth-order valence-corrected chi connectivity index (χ4v) is 18.7. The number of thiophene rings is 4. The first-order valence-electron chi connectivity index (χ1n) is 29.2. The van der Waals surface area contributed by atoms with Crippen molar-refractivity contribution in [2.24, 2.45) is 5.73 Å². The second-order valence-electron chi connectivity index (χ2n) is 21.9.